The van der Waals surface area contributed by atoms with Crippen molar-refractivity contribution in [3.05, 3.63) is 59.0 Å². The molecule has 152 valence electrons. The summed E-state index contributed by atoms with van der Waals surface area (Å²) < 4.78 is 10.5. The van der Waals surface area contributed by atoms with Gasteiger partial charge in [0.05, 0.1) is 11.7 Å². The lowest BCUT2D eigenvalue weighted by molar-refractivity contribution is -0.154. The van der Waals surface area contributed by atoms with Crippen LogP contribution in [0.25, 0.3) is 0 Å². The van der Waals surface area contributed by atoms with Crippen molar-refractivity contribution >= 4 is 29.4 Å². The summed E-state index contributed by atoms with van der Waals surface area (Å²) in [6.45, 7) is 1.32. The van der Waals surface area contributed by atoms with Crippen LogP contribution in [0.4, 0.5) is 0 Å². The third-order valence-electron chi connectivity index (χ3n) is 5.52. The molecule has 1 aromatic carbocycles. The highest BCUT2D eigenvalue weighted by atomic mass is 35.5. The predicted molar refractivity (Wildman–Crippen MR) is 105 cm³/mol. The Balaban J connectivity index is 1.27. The van der Waals surface area contributed by atoms with Crippen molar-refractivity contribution in [1.82, 2.24) is 9.80 Å². The highest BCUT2D eigenvalue weighted by Gasteiger charge is 2.53. The first-order valence-electron chi connectivity index (χ1n) is 9.53. The number of hydrogen-bond acceptors (Lipinski definition) is 5. The van der Waals surface area contributed by atoms with Crippen molar-refractivity contribution < 1.29 is 23.5 Å². The van der Waals surface area contributed by atoms with Gasteiger partial charge in [-0.2, -0.15) is 0 Å². The van der Waals surface area contributed by atoms with E-state index in [0.29, 0.717) is 44.0 Å². The number of esters is 1. The second-order valence-electron chi connectivity index (χ2n) is 7.32. The number of hydrogen-bond donors (Lipinski definition) is 0. The highest BCUT2D eigenvalue weighted by Crippen LogP contribution is 2.49. The molecular formula is C21H21ClN2O5. The van der Waals surface area contributed by atoms with Crippen LogP contribution in [-0.4, -0.2) is 60.4 Å². The van der Waals surface area contributed by atoms with E-state index in [-0.39, 0.29) is 30.2 Å². The van der Waals surface area contributed by atoms with Gasteiger partial charge in [0.15, 0.2) is 12.4 Å². The molecule has 0 N–H and O–H groups in total. The number of ether oxygens (including phenoxy) is 1. The molecule has 0 atom stereocenters. The average molecular weight is 417 g/mol. The van der Waals surface area contributed by atoms with Crippen LogP contribution in [0.3, 0.4) is 0 Å². The topological polar surface area (TPSA) is 80.1 Å². The predicted octanol–water partition coefficient (Wildman–Crippen LogP) is 2.49. The van der Waals surface area contributed by atoms with Crippen LogP contribution < -0.4 is 0 Å². The monoisotopic (exact) mass is 416 g/mol. The zero-order valence-electron chi connectivity index (χ0n) is 15.8. The number of piperazine rings is 1. The number of carbonyl (C=O) groups excluding carboxylic acids is 3. The molecule has 1 saturated heterocycles. The molecule has 2 aliphatic rings. The van der Waals surface area contributed by atoms with E-state index in [1.807, 2.05) is 12.1 Å². The Bertz CT molecular complexity index is 898. The lowest BCUT2D eigenvalue weighted by Gasteiger charge is -2.34. The van der Waals surface area contributed by atoms with E-state index in [1.165, 1.54) is 6.26 Å². The molecule has 4 rings (SSSR count). The van der Waals surface area contributed by atoms with Gasteiger partial charge in [-0.25, -0.2) is 0 Å². The number of rotatable bonds is 5. The van der Waals surface area contributed by atoms with Gasteiger partial charge in [0.25, 0.3) is 11.8 Å². The van der Waals surface area contributed by atoms with E-state index in [1.54, 1.807) is 34.1 Å². The number of carbonyl (C=O) groups is 3. The van der Waals surface area contributed by atoms with Gasteiger partial charge < -0.3 is 19.0 Å². The SMILES string of the molecule is O=C(COC(=O)C1(c2ccc(Cl)cc2)CC1)N1CCN(C(=O)c2ccco2)CC1. The maximum Gasteiger partial charge on any atom is 0.317 e. The molecule has 2 heterocycles. The van der Waals surface area contributed by atoms with Gasteiger partial charge in [0, 0.05) is 31.2 Å². The summed E-state index contributed by atoms with van der Waals surface area (Å²) >= 11 is 5.91. The van der Waals surface area contributed by atoms with Crippen molar-refractivity contribution in [3.8, 4) is 0 Å². The third-order valence-corrected chi connectivity index (χ3v) is 5.77. The molecule has 0 spiro atoms. The van der Waals surface area contributed by atoms with Gasteiger partial charge in [-0.3, -0.25) is 14.4 Å². The number of nitrogens with zero attached hydrogens (tertiary/aromatic N) is 2. The van der Waals surface area contributed by atoms with Crippen LogP contribution in [0.1, 0.15) is 29.0 Å². The van der Waals surface area contributed by atoms with Crippen LogP contribution in [0, 0.1) is 0 Å². The van der Waals surface area contributed by atoms with Crippen LogP contribution in [0.5, 0.6) is 0 Å². The summed E-state index contributed by atoms with van der Waals surface area (Å²) in [5, 5.41) is 0.609. The summed E-state index contributed by atoms with van der Waals surface area (Å²) in [5.74, 6) is -0.530. The average Bonchev–Trinajstić information content (AvgIpc) is 3.37. The summed E-state index contributed by atoms with van der Waals surface area (Å²) in [5.41, 5.74) is 0.211. The van der Waals surface area contributed by atoms with Gasteiger partial charge in [-0.15, -0.1) is 0 Å². The Morgan fingerprint density at radius 1 is 1.00 bits per heavy atom. The Labute approximate surface area is 173 Å². The minimum atomic E-state index is -0.654. The number of halogens is 1. The molecule has 0 bridgehead atoms. The Morgan fingerprint density at radius 2 is 1.66 bits per heavy atom. The third kappa shape index (κ3) is 4.00. The lowest BCUT2D eigenvalue weighted by Crippen LogP contribution is -2.51. The van der Waals surface area contributed by atoms with Crippen molar-refractivity contribution in [2.24, 2.45) is 0 Å². The van der Waals surface area contributed by atoms with Crippen molar-refractivity contribution in [2.75, 3.05) is 32.8 Å². The van der Waals surface area contributed by atoms with E-state index in [0.717, 1.165) is 5.56 Å². The molecule has 29 heavy (non-hydrogen) atoms. The second kappa shape index (κ2) is 7.91. The molecule has 2 amide bonds. The molecule has 0 unspecified atom stereocenters. The summed E-state index contributed by atoms with van der Waals surface area (Å²) in [7, 11) is 0. The van der Waals surface area contributed by atoms with E-state index in [2.05, 4.69) is 0 Å². The zero-order valence-corrected chi connectivity index (χ0v) is 16.6. The fraction of sp³-hybridized carbons (Fsp3) is 0.381. The number of furan rings is 1. The highest BCUT2D eigenvalue weighted by molar-refractivity contribution is 6.30. The number of benzene rings is 1. The first-order chi connectivity index (χ1) is 14.0. The van der Waals surface area contributed by atoms with E-state index < -0.39 is 5.41 Å². The fourth-order valence-corrected chi connectivity index (χ4v) is 3.70. The Kier molecular flexibility index (Phi) is 5.32. The van der Waals surface area contributed by atoms with Crippen LogP contribution >= 0.6 is 11.6 Å². The van der Waals surface area contributed by atoms with Crippen LogP contribution in [0.2, 0.25) is 5.02 Å². The number of amides is 2. The minimum Gasteiger partial charge on any atom is -0.459 e. The molecule has 1 aromatic heterocycles. The Hall–Kier alpha value is -2.80. The Morgan fingerprint density at radius 3 is 2.24 bits per heavy atom. The quantitative estimate of drug-likeness (QED) is 0.699. The van der Waals surface area contributed by atoms with Crippen LogP contribution in [0.15, 0.2) is 47.1 Å². The van der Waals surface area contributed by atoms with Gasteiger partial charge in [-0.1, -0.05) is 23.7 Å². The largest absolute Gasteiger partial charge is 0.459 e. The maximum absolute atomic E-state index is 12.6. The fourth-order valence-electron chi connectivity index (χ4n) is 3.58. The minimum absolute atomic E-state index is 0.188. The molecule has 2 fully saturated rings. The molecule has 8 heteroatoms. The standard InChI is InChI=1S/C21H21ClN2O5/c22-16-5-3-15(4-6-16)21(7-8-21)20(27)29-14-18(25)23-9-11-24(12-10-23)19(26)17-2-1-13-28-17/h1-6,13H,7-12,14H2. The molecule has 0 radical (unpaired) electrons. The molecule has 7 nitrogen and oxygen atoms in total. The normalized spacial score (nSPS) is 17.7. The van der Waals surface area contributed by atoms with Crippen molar-refractivity contribution in [2.45, 2.75) is 18.3 Å². The lowest BCUT2D eigenvalue weighted by atomic mass is 9.96. The van der Waals surface area contributed by atoms with Crippen molar-refractivity contribution in [3.63, 3.8) is 0 Å². The summed E-state index contributed by atoms with van der Waals surface area (Å²) in [4.78, 5) is 40.6. The van der Waals surface area contributed by atoms with Gasteiger partial charge in [0.2, 0.25) is 0 Å². The van der Waals surface area contributed by atoms with Crippen LogP contribution in [-0.2, 0) is 19.7 Å². The van der Waals surface area contributed by atoms with Gasteiger partial charge >= 0.3 is 5.97 Å². The molecular weight excluding hydrogens is 396 g/mol. The van der Waals surface area contributed by atoms with Gasteiger partial charge in [0.1, 0.15) is 0 Å². The van der Waals surface area contributed by atoms with E-state index in [9.17, 15) is 14.4 Å². The molecule has 1 saturated carbocycles. The summed E-state index contributed by atoms with van der Waals surface area (Å²) in [6.07, 6.45) is 2.86. The zero-order chi connectivity index (χ0) is 20.4. The molecule has 1 aliphatic heterocycles. The summed E-state index contributed by atoms with van der Waals surface area (Å²) in [6, 6.07) is 10.4. The second-order valence-corrected chi connectivity index (χ2v) is 7.75. The smallest absolute Gasteiger partial charge is 0.317 e. The van der Waals surface area contributed by atoms with E-state index in [4.69, 9.17) is 20.8 Å². The molecule has 2 aromatic rings. The molecule has 1 aliphatic carbocycles. The van der Waals surface area contributed by atoms with Crippen molar-refractivity contribution in [1.29, 1.82) is 0 Å². The first-order valence-corrected chi connectivity index (χ1v) is 9.91. The first kappa shape index (κ1) is 19.5. The van der Waals surface area contributed by atoms with Gasteiger partial charge in [-0.05, 0) is 42.7 Å². The van der Waals surface area contributed by atoms with E-state index >= 15 is 0 Å². The maximum atomic E-state index is 12.6.